The number of rotatable bonds is 10. The van der Waals surface area contributed by atoms with Gasteiger partial charge in [-0.2, -0.15) is 0 Å². The van der Waals surface area contributed by atoms with E-state index in [9.17, 15) is 18.4 Å². The van der Waals surface area contributed by atoms with E-state index in [1.165, 1.54) is 25.3 Å². The van der Waals surface area contributed by atoms with E-state index in [-0.39, 0.29) is 29.0 Å². The first-order chi connectivity index (χ1) is 24.4. The Morgan fingerprint density at radius 3 is 2.55 bits per heavy atom. The maximum absolute atomic E-state index is 15.3. The molecule has 2 aliphatic heterocycles. The molecule has 3 aromatic heterocycles. The molecule has 0 spiro atoms. The number of imidazole rings is 1. The maximum Gasteiger partial charge on any atom is 0.264 e. The maximum atomic E-state index is 15.3. The largest absolute Gasteiger partial charge is 0.377 e. The summed E-state index contributed by atoms with van der Waals surface area (Å²) in [6.07, 6.45) is 1.93. The number of carbonyl (C=O) groups is 2. The zero-order valence-electron chi connectivity index (χ0n) is 28.4. The SMILES string of the molecule is COCc1nc2c3c(c(C(F)F)cc2n1C)-c1cccn2c(C(=O)c4cc(F)c(NC(=O)/C=C/CNC5(C)COC5)c(F)c4)cc(c12)CCN3C. The summed E-state index contributed by atoms with van der Waals surface area (Å²) in [6.45, 7) is 4.03. The number of nitrogens with zero attached hydrogens (tertiary/aromatic N) is 4. The molecule has 5 aromatic rings. The normalized spacial score (nSPS) is 15.4. The minimum Gasteiger partial charge on any atom is -0.377 e. The number of fused-ring (bicyclic) bond motifs is 4. The molecule has 0 saturated carbocycles. The molecule has 0 bridgehead atoms. The highest BCUT2D eigenvalue weighted by atomic mass is 19.3. The summed E-state index contributed by atoms with van der Waals surface area (Å²) in [5, 5.41) is 5.42. The second-order valence-electron chi connectivity index (χ2n) is 13.2. The van der Waals surface area contributed by atoms with Crippen LogP contribution in [0.5, 0.6) is 0 Å². The van der Waals surface area contributed by atoms with Crippen LogP contribution in [0.2, 0.25) is 0 Å². The molecule has 1 saturated heterocycles. The van der Waals surface area contributed by atoms with E-state index in [1.807, 2.05) is 18.9 Å². The average molecular weight is 705 g/mol. The van der Waals surface area contributed by atoms with Crippen molar-refractivity contribution in [2.75, 3.05) is 50.7 Å². The molecule has 0 radical (unpaired) electrons. The summed E-state index contributed by atoms with van der Waals surface area (Å²) in [4.78, 5) is 33.1. The number of ketones is 1. The number of methoxy groups -OCH3 is 1. The van der Waals surface area contributed by atoms with Crippen LogP contribution in [0.25, 0.3) is 27.7 Å². The van der Waals surface area contributed by atoms with Crippen molar-refractivity contribution in [1.29, 1.82) is 0 Å². The quantitative estimate of drug-likeness (QED) is 0.105. The van der Waals surface area contributed by atoms with Crippen LogP contribution in [0.1, 0.15) is 46.4 Å². The Morgan fingerprint density at radius 2 is 1.88 bits per heavy atom. The van der Waals surface area contributed by atoms with Crippen molar-refractivity contribution < 1.29 is 36.6 Å². The topological polar surface area (TPSA) is 102 Å². The van der Waals surface area contributed by atoms with Gasteiger partial charge in [0.15, 0.2) is 0 Å². The van der Waals surface area contributed by atoms with Gasteiger partial charge in [0.05, 0.1) is 41.2 Å². The summed E-state index contributed by atoms with van der Waals surface area (Å²) in [5.74, 6) is -3.10. The van der Waals surface area contributed by atoms with E-state index in [0.717, 1.165) is 12.1 Å². The summed E-state index contributed by atoms with van der Waals surface area (Å²) in [7, 11) is 5.11. The van der Waals surface area contributed by atoms with Gasteiger partial charge in [-0.05, 0) is 49.2 Å². The Bertz CT molecular complexity index is 2220. The van der Waals surface area contributed by atoms with Gasteiger partial charge in [0, 0.05) is 68.8 Å². The highest BCUT2D eigenvalue weighted by Gasteiger charge is 2.33. The van der Waals surface area contributed by atoms with Gasteiger partial charge in [0.2, 0.25) is 11.7 Å². The van der Waals surface area contributed by atoms with Crippen LogP contribution in [-0.4, -0.2) is 71.6 Å². The third-order valence-corrected chi connectivity index (χ3v) is 9.56. The van der Waals surface area contributed by atoms with Crippen LogP contribution in [-0.2, 0) is 34.3 Å². The number of likely N-dealkylation sites (N-methyl/N-ethyl adjacent to an activating group) is 1. The first-order valence-corrected chi connectivity index (χ1v) is 16.4. The van der Waals surface area contributed by atoms with Gasteiger partial charge in [-0.25, -0.2) is 22.5 Å². The fourth-order valence-corrected chi connectivity index (χ4v) is 6.88. The number of nitrogens with one attached hydrogen (secondary N) is 2. The van der Waals surface area contributed by atoms with Gasteiger partial charge < -0.3 is 34.0 Å². The van der Waals surface area contributed by atoms with E-state index < -0.39 is 35.4 Å². The number of alkyl halides is 2. The third-order valence-electron chi connectivity index (χ3n) is 9.56. The predicted octanol–water partition coefficient (Wildman–Crippen LogP) is 5.95. The Morgan fingerprint density at radius 1 is 1.14 bits per heavy atom. The summed E-state index contributed by atoms with van der Waals surface area (Å²) >= 11 is 0. The lowest BCUT2D eigenvalue weighted by Crippen LogP contribution is -2.58. The Labute approximate surface area is 290 Å². The number of carbonyl (C=O) groups excluding carboxylic acids is 2. The van der Waals surface area contributed by atoms with Crippen LogP contribution >= 0.6 is 0 Å². The van der Waals surface area contributed by atoms with Crippen LogP contribution < -0.4 is 15.5 Å². The molecule has 2 N–H and O–H groups in total. The zero-order chi connectivity index (χ0) is 36.2. The van der Waals surface area contributed by atoms with Crippen LogP contribution in [0.15, 0.2) is 54.7 Å². The molecule has 51 heavy (non-hydrogen) atoms. The second kappa shape index (κ2) is 13.2. The average Bonchev–Trinajstić information content (AvgIpc) is 3.61. The molecule has 10 nitrogen and oxygen atoms in total. The van der Waals surface area contributed by atoms with Gasteiger partial charge >= 0.3 is 0 Å². The summed E-state index contributed by atoms with van der Waals surface area (Å²) in [6, 6.07) is 8.20. The second-order valence-corrected chi connectivity index (χ2v) is 13.2. The Kier molecular flexibility index (Phi) is 8.94. The van der Waals surface area contributed by atoms with Gasteiger partial charge in [-0.1, -0.05) is 12.1 Å². The third kappa shape index (κ3) is 6.06. The van der Waals surface area contributed by atoms with Crippen molar-refractivity contribution >= 4 is 39.6 Å². The van der Waals surface area contributed by atoms with Crippen LogP contribution in [0.4, 0.5) is 28.9 Å². The standard InChI is InChI=1S/C37H36F4N6O4/c1-37(18-51-19-37)42-10-5-8-29(48)44-31-24(38)13-21(14-25(31)39)35(49)27-15-20-9-12-45(2)34-30(22-7-6-11-47(27)33(20)22)23(36(40)41)16-26-32(34)43-28(17-50-4)46(26)3/h5-8,11,13-16,36,42H,9-10,12,17-19H2,1-4H3,(H,44,48)/b8-5+. The molecule has 2 aliphatic rings. The smallest absolute Gasteiger partial charge is 0.264 e. The van der Waals surface area contributed by atoms with E-state index >= 15 is 8.78 Å². The zero-order valence-corrected chi connectivity index (χ0v) is 28.4. The molecule has 5 heterocycles. The number of halogens is 4. The number of ether oxygens (including phenoxy) is 2. The minimum absolute atomic E-state index is 0.101. The lowest BCUT2D eigenvalue weighted by molar-refractivity contribution is -0.112. The van der Waals surface area contributed by atoms with Gasteiger partial charge in [-0.15, -0.1) is 0 Å². The summed E-state index contributed by atoms with van der Waals surface area (Å²) in [5.41, 5.74) is 2.38. The molecule has 0 unspecified atom stereocenters. The number of benzene rings is 2. The van der Waals surface area contributed by atoms with E-state index in [4.69, 9.17) is 14.5 Å². The monoisotopic (exact) mass is 704 g/mol. The first-order valence-electron chi connectivity index (χ1n) is 16.4. The Balaban J connectivity index is 1.26. The van der Waals surface area contributed by atoms with Crippen LogP contribution in [0.3, 0.4) is 0 Å². The molecule has 7 rings (SSSR count). The molecule has 0 atom stereocenters. The fraction of sp³-hybridized carbons (Fsp3) is 0.324. The van der Waals surface area contributed by atoms with Crippen LogP contribution in [0, 0.1) is 11.6 Å². The molecule has 1 fully saturated rings. The number of aryl methyl sites for hydroxylation is 1. The van der Waals surface area contributed by atoms with Crippen molar-refractivity contribution in [3.63, 3.8) is 0 Å². The predicted molar refractivity (Wildman–Crippen MR) is 185 cm³/mol. The summed E-state index contributed by atoms with van der Waals surface area (Å²) < 4.78 is 74.2. The fourth-order valence-electron chi connectivity index (χ4n) is 6.88. The van der Waals surface area contributed by atoms with Crippen molar-refractivity contribution in [1.82, 2.24) is 19.3 Å². The number of pyridine rings is 1. The highest BCUT2D eigenvalue weighted by molar-refractivity contribution is 6.11. The lowest BCUT2D eigenvalue weighted by Gasteiger charge is -2.38. The Hall–Kier alpha value is -5.05. The van der Waals surface area contributed by atoms with Gasteiger partial charge in [0.25, 0.3) is 6.43 Å². The molecule has 2 aromatic carbocycles. The number of amides is 1. The number of hydrogen-bond donors (Lipinski definition) is 2. The molecule has 266 valence electrons. The minimum atomic E-state index is -2.83. The van der Waals surface area contributed by atoms with Crippen molar-refractivity contribution in [3.05, 3.63) is 94.6 Å². The van der Waals surface area contributed by atoms with E-state index in [1.54, 1.807) is 40.4 Å². The molecule has 0 aliphatic carbocycles. The van der Waals surface area contributed by atoms with Gasteiger partial charge in [-0.3, -0.25) is 9.59 Å². The molecular formula is C37H36F4N6O4. The number of hydrogen-bond acceptors (Lipinski definition) is 7. The van der Waals surface area contributed by atoms with Gasteiger partial charge in [0.1, 0.15) is 35.3 Å². The lowest BCUT2D eigenvalue weighted by atomic mass is 9.92. The highest BCUT2D eigenvalue weighted by Crippen LogP contribution is 2.47. The number of anilines is 2. The first kappa shape index (κ1) is 34.4. The molecular weight excluding hydrogens is 668 g/mol. The molecule has 14 heteroatoms. The van der Waals surface area contributed by atoms with Crippen molar-refractivity contribution in [3.8, 4) is 11.1 Å². The molecule has 1 amide bonds. The van der Waals surface area contributed by atoms with Crippen molar-refractivity contribution in [2.45, 2.75) is 31.9 Å². The van der Waals surface area contributed by atoms with E-state index in [2.05, 4.69) is 10.6 Å². The van der Waals surface area contributed by atoms with E-state index in [0.29, 0.717) is 77.5 Å². The van der Waals surface area contributed by atoms with Crippen molar-refractivity contribution in [2.24, 2.45) is 7.05 Å². The number of aromatic nitrogens is 3.